The zero-order valence-corrected chi connectivity index (χ0v) is 11.8. The predicted molar refractivity (Wildman–Crippen MR) is 76.8 cm³/mol. The van der Waals surface area contributed by atoms with E-state index in [-0.39, 0.29) is 12.4 Å². The number of fused-ring (bicyclic) bond motifs is 1. The van der Waals surface area contributed by atoms with Crippen molar-refractivity contribution in [3.8, 4) is 5.75 Å². The maximum atomic E-state index is 12.5. The second kappa shape index (κ2) is 5.79. The summed E-state index contributed by atoms with van der Waals surface area (Å²) in [5.74, 6) is 0.0792. The fourth-order valence-corrected chi connectivity index (χ4v) is 2.14. The van der Waals surface area contributed by atoms with Gasteiger partial charge in [0.15, 0.2) is 0 Å². The van der Waals surface area contributed by atoms with Crippen molar-refractivity contribution in [2.75, 3.05) is 6.61 Å². The molecule has 0 aliphatic carbocycles. The molecule has 0 amide bonds. The molecular formula is C17H11F3O3. The molecule has 0 N–H and O–H groups in total. The van der Waals surface area contributed by atoms with E-state index in [9.17, 15) is 18.0 Å². The number of ether oxygens (including phenoxy) is 2. The number of para-hydroxylation sites is 1. The molecule has 0 aromatic heterocycles. The smallest absolute Gasteiger partial charge is 0.416 e. The first-order chi connectivity index (χ1) is 10.9. The van der Waals surface area contributed by atoms with Gasteiger partial charge in [-0.15, -0.1) is 0 Å². The number of carbonyl (C=O) groups excluding carboxylic acids is 1. The van der Waals surface area contributed by atoms with E-state index >= 15 is 0 Å². The second-order valence-electron chi connectivity index (χ2n) is 4.90. The summed E-state index contributed by atoms with van der Waals surface area (Å²) in [7, 11) is 0. The van der Waals surface area contributed by atoms with Gasteiger partial charge in [0.1, 0.15) is 23.7 Å². The molecule has 0 bridgehead atoms. The van der Waals surface area contributed by atoms with Crippen LogP contribution in [0.4, 0.5) is 13.2 Å². The van der Waals surface area contributed by atoms with E-state index in [0.29, 0.717) is 16.9 Å². The highest BCUT2D eigenvalue weighted by atomic mass is 19.4. The molecule has 0 radical (unpaired) electrons. The third-order valence-electron chi connectivity index (χ3n) is 3.27. The molecule has 0 atom stereocenters. The molecule has 0 saturated carbocycles. The Hall–Kier alpha value is -2.76. The molecule has 2 aromatic carbocycles. The number of benzene rings is 2. The SMILES string of the molecule is O=C1O/C(=C\c2ccc(C(F)(F)F)cc2)COc2ccccc21. The molecular weight excluding hydrogens is 309 g/mol. The van der Waals surface area contributed by atoms with E-state index in [1.165, 1.54) is 18.2 Å². The van der Waals surface area contributed by atoms with Gasteiger partial charge in [0.25, 0.3) is 0 Å². The van der Waals surface area contributed by atoms with Gasteiger partial charge in [0.05, 0.1) is 5.56 Å². The summed E-state index contributed by atoms with van der Waals surface area (Å²) >= 11 is 0. The number of rotatable bonds is 1. The highest BCUT2D eigenvalue weighted by Crippen LogP contribution is 2.30. The van der Waals surface area contributed by atoms with Crippen LogP contribution in [0.25, 0.3) is 6.08 Å². The fraction of sp³-hybridized carbons (Fsp3) is 0.118. The molecule has 3 nitrogen and oxygen atoms in total. The normalized spacial score (nSPS) is 16.3. The van der Waals surface area contributed by atoms with Crippen molar-refractivity contribution in [3.63, 3.8) is 0 Å². The minimum Gasteiger partial charge on any atom is -0.485 e. The van der Waals surface area contributed by atoms with E-state index in [0.717, 1.165) is 12.1 Å². The van der Waals surface area contributed by atoms with E-state index in [1.807, 2.05) is 0 Å². The van der Waals surface area contributed by atoms with Crippen LogP contribution in [-0.4, -0.2) is 12.6 Å². The topological polar surface area (TPSA) is 35.5 Å². The minimum absolute atomic E-state index is 0.0176. The van der Waals surface area contributed by atoms with Crippen LogP contribution in [-0.2, 0) is 10.9 Å². The predicted octanol–water partition coefficient (Wildman–Crippen LogP) is 4.30. The third kappa shape index (κ3) is 3.36. The number of cyclic esters (lactones) is 1. The Labute approximate surface area is 130 Å². The van der Waals surface area contributed by atoms with Crippen molar-refractivity contribution in [1.29, 1.82) is 0 Å². The Balaban J connectivity index is 1.83. The van der Waals surface area contributed by atoms with Crippen molar-refractivity contribution >= 4 is 12.0 Å². The van der Waals surface area contributed by atoms with Gasteiger partial charge in [0.2, 0.25) is 0 Å². The Morgan fingerprint density at radius 1 is 1.00 bits per heavy atom. The molecule has 23 heavy (non-hydrogen) atoms. The van der Waals surface area contributed by atoms with Crippen LogP contribution in [0, 0.1) is 0 Å². The average Bonchev–Trinajstić information content (AvgIpc) is 2.67. The lowest BCUT2D eigenvalue weighted by Crippen LogP contribution is -2.05. The maximum absolute atomic E-state index is 12.5. The highest BCUT2D eigenvalue weighted by molar-refractivity contribution is 5.93. The first-order valence-corrected chi connectivity index (χ1v) is 6.75. The summed E-state index contributed by atoms with van der Waals surface area (Å²) in [5, 5.41) is 0. The first kappa shape index (κ1) is 15.1. The van der Waals surface area contributed by atoms with Crippen LogP contribution < -0.4 is 4.74 Å². The van der Waals surface area contributed by atoms with Gasteiger partial charge in [0, 0.05) is 0 Å². The van der Waals surface area contributed by atoms with Crippen LogP contribution in [0.15, 0.2) is 54.3 Å². The van der Waals surface area contributed by atoms with Crippen LogP contribution >= 0.6 is 0 Å². The Bertz CT molecular complexity index is 761. The summed E-state index contributed by atoms with van der Waals surface area (Å²) in [6.07, 6.45) is -2.91. The third-order valence-corrected chi connectivity index (χ3v) is 3.27. The van der Waals surface area contributed by atoms with E-state index in [1.54, 1.807) is 24.3 Å². The summed E-state index contributed by atoms with van der Waals surface area (Å²) in [5.41, 5.74) is 0.0554. The number of hydrogen-bond donors (Lipinski definition) is 0. The quantitative estimate of drug-likeness (QED) is 0.735. The zero-order valence-electron chi connectivity index (χ0n) is 11.8. The van der Waals surface area contributed by atoms with Crippen molar-refractivity contribution < 1.29 is 27.4 Å². The van der Waals surface area contributed by atoms with Gasteiger partial charge in [-0.05, 0) is 35.9 Å². The Kier molecular flexibility index (Phi) is 3.82. The van der Waals surface area contributed by atoms with Gasteiger partial charge in [-0.3, -0.25) is 0 Å². The van der Waals surface area contributed by atoms with E-state index in [2.05, 4.69) is 0 Å². The van der Waals surface area contributed by atoms with Crippen LogP contribution in [0.5, 0.6) is 5.75 Å². The lowest BCUT2D eigenvalue weighted by atomic mass is 10.1. The van der Waals surface area contributed by atoms with E-state index < -0.39 is 17.7 Å². The number of alkyl halides is 3. The molecule has 1 aliphatic rings. The van der Waals surface area contributed by atoms with E-state index in [4.69, 9.17) is 9.47 Å². The molecule has 6 heteroatoms. The molecule has 1 aliphatic heterocycles. The largest absolute Gasteiger partial charge is 0.485 e. The minimum atomic E-state index is -4.38. The van der Waals surface area contributed by atoms with Crippen molar-refractivity contribution in [1.82, 2.24) is 0 Å². The lowest BCUT2D eigenvalue weighted by molar-refractivity contribution is -0.137. The van der Waals surface area contributed by atoms with Crippen LogP contribution in [0.3, 0.4) is 0 Å². The Morgan fingerprint density at radius 3 is 2.39 bits per heavy atom. The van der Waals surface area contributed by atoms with Gasteiger partial charge in [-0.1, -0.05) is 24.3 Å². The average molecular weight is 320 g/mol. The van der Waals surface area contributed by atoms with Crippen molar-refractivity contribution in [2.24, 2.45) is 0 Å². The number of halogens is 3. The number of hydrogen-bond acceptors (Lipinski definition) is 3. The molecule has 2 aromatic rings. The monoisotopic (exact) mass is 320 g/mol. The van der Waals surface area contributed by atoms with Gasteiger partial charge >= 0.3 is 12.1 Å². The van der Waals surface area contributed by atoms with Gasteiger partial charge < -0.3 is 9.47 Å². The maximum Gasteiger partial charge on any atom is 0.416 e. The lowest BCUT2D eigenvalue weighted by Gasteiger charge is -2.07. The molecule has 118 valence electrons. The van der Waals surface area contributed by atoms with Crippen molar-refractivity contribution in [3.05, 3.63) is 71.0 Å². The molecule has 0 saturated heterocycles. The summed E-state index contributed by atoms with van der Waals surface area (Å²) in [6.45, 7) is 0.0176. The summed E-state index contributed by atoms with van der Waals surface area (Å²) in [6, 6.07) is 11.2. The Morgan fingerprint density at radius 2 is 1.70 bits per heavy atom. The standard InChI is InChI=1S/C17H11F3O3/c18-17(19,20)12-7-5-11(6-8-12)9-13-10-22-15-4-2-1-3-14(15)16(21)23-13/h1-9H,10H2/b13-9-. The molecule has 0 spiro atoms. The molecule has 0 fully saturated rings. The number of carbonyl (C=O) groups is 1. The summed E-state index contributed by atoms with van der Waals surface area (Å²) < 4.78 is 48.3. The zero-order chi connectivity index (χ0) is 16.4. The van der Waals surface area contributed by atoms with Gasteiger partial charge in [-0.2, -0.15) is 13.2 Å². The van der Waals surface area contributed by atoms with Crippen LogP contribution in [0.1, 0.15) is 21.5 Å². The second-order valence-corrected chi connectivity index (χ2v) is 4.90. The number of esters is 1. The molecule has 3 rings (SSSR count). The first-order valence-electron chi connectivity index (χ1n) is 6.75. The molecule has 0 unspecified atom stereocenters. The fourth-order valence-electron chi connectivity index (χ4n) is 2.14. The highest BCUT2D eigenvalue weighted by Gasteiger charge is 2.30. The van der Waals surface area contributed by atoms with Gasteiger partial charge in [-0.25, -0.2) is 4.79 Å². The molecule has 1 heterocycles. The van der Waals surface area contributed by atoms with Crippen molar-refractivity contribution in [2.45, 2.75) is 6.18 Å². The van der Waals surface area contributed by atoms with Crippen LogP contribution in [0.2, 0.25) is 0 Å². The summed E-state index contributed by atoms with van der Waals surface area (Å²) in [4.78, 5) is 12.0.